The first-order chi connectivity index (χ1) is 9.70. The van der Waals surface area contributed by atoms with E-state index in [4.69, 9.17) is 4.74 Å². The van der Waals surface area contributed by atoms with Gasteiger partial charge in [-0.3, -0.25) is 0 Å². The van der Waals surface area contributed by atoms with Gasteiger partial charge in [-0.15, -0.1) is 0 Å². The Bertz CT molecular complexity index is 599. The molecule has 0 unspecified atom stereocenters. The summed E-state index contributed by atoms with van der Waals surface area (Å²) in [5.74, 6) is 0.529. The highest BCUT2D eigenvalue weighted by atomic mass is 79.9. The molecule has 0 aliphatic heterocycles. The molecule has 0 radical (unpaired) electrons. The molecule has 1 aromatic heterocycles. The summed E-state index contributed by atoms with van der Waals surface area (Å²) >= 11 is 3.32. The Balaban J connectivity index is 1.66. The minimum Gasteiger partial charge on any atom is -0.438 e. The van der Waals surface area contributed by atoms with Crippen LogP contribution in [0.25, 0.3) is 0 Å². The highest BCUT2D eigenvalue weighted by molar-refractivity contribution is 9.10. The molecule has 1 aliphatic carbocycles. The SMILES string of the molecule is Fc1ccc(Br)c(Oc2ccc(CNC3CC3)cn2)c1. The zero-order valence-electron chi connectivity index (χ0n) is 10.8. The highest BCUT2D eigenvalue weighted by Gasteiger charge is 2.19. The first kappa shape index (κ1) is 13.5. The maximum absolute atomic E-state index is 13.2. The molecular weight excluding hydrogens is 323 g/mol. The number of benzene rings is 1. The molecule has 0 saturated heterocycles. The predicted octanol–water partition coefficient (Wildman–Crippen LogP) is 4.03. The molecule has 1 fully saturated rings. The van der Waals surface area contributed by atoms with Gasteiger partial charge in [0.1, 0.15) is 11.6 Å². The third-order valence-electron chi connectivity index (χ3n) is 3.08. The number of ether oxygens (including phenoxy) is 1. The number of nitrogens with one attached hydrogen (secondary N) is 1. The molecular formula is C15H14BrFN2O. The number of pyridine rings is 1. The van der Waals surface area contributed by atoms with Crippen molar-refractivity contribution in [2.45, 2.75) is 25.4 Å². The lowest BCUT2D eigenvalue weighted by Crippen LogP contribution is -2.15. The monoisotopic (exact) mass is 336 g/mol. The average Bonchev–Trinajstić information content (AvgIpc) is 3.26. The minimum atomic E-state index is -0.339. The predicted molar refractivity (Wildman–Crippen MR) is 78.3 cm³/mol. The third kappa shape index (κ3) is 3.55. The van der Waals surface area contributed by atoms with Gasteiger partial charge in [-0.1, -0.05) is 6.07 Å². The second-order valence-electron chi connectivity index (χ2n) is 4.84. The third-order valence-corrected chi connectivity index (χ3v) is 3.73. The number of hydrogen-bond donors (Lipinski definition) is 1. The molecule has 1 aromatic carbocycles. The molecule has 3 nitrogen and oxygen atoms in total. The van der Waals surface area contributed by atoms with Crippen molar-refractivity contribution in [1.82, 2.24) is 10.3 Å². The highest BCUT2D eigenvalue weighted by Crippen LogP contribution is 2.29. The Hall–Kier alpha value is -1.46. The summed E-state index contributed by atoms with van der Waals surface area (Å²) in [7, 11) is 0. The first-order valence-corrected chi connectivity index (χ1v) is 7.31. The van der Waals surface area contributed by atoms with E-state index in [1.165, 1.54) is 25.0 Å². The van der Waals surface area contributed by atoms with E-state index < -0.39 is 0 Å². The van der Waals surface area contributed by atoms with Crippen molar-refractivity contribution < 1.29 is 9.13 Å². The molecule has 2 aromatic rings. The smallest absolute Gasteiger partial charge is 0.219 e. The Morgan fingerprint density at radius 1 is 1.30 bits per heavy atom. The van der Waals surface area contributed by atoms with E-state index in [-0.39, 0.29) is 5.82 Å². The summed E-state index contributed by atoms with van der Waals surface area (Å²) in [5, 5.41) is 3.42. The second kappa shape index (κ2) is 5.89. The van der Waals surface area contributed by atoms with E-state index in [9.17, 15) is 4.39 Å². The number of aromatic nitrogens is 1. The van der Waals surface area contributed by atoms with Gasteiger partial charge >= 0.3 is 0 Å². The van der Waals surface area contributed by atoms with Crippen molar-refractivity contribution in [2.24, 2.45) is 0 Å². The molecule has 1 N–H and O–H groups in total. The van der Waals surface area contributed by atoms with E-state index in [0.717, 1.165) is 12.1 Å². The molecule has 5 heteroatoms. The van der Waals surface area contributed by atoms with Crippen LogP contribution in [0.15, 0.2) is 41.0 Å². The standard InChI is InChI=1S/C15H14BrFN2O/c16-13-5-2-11(17)7-14(13)20-15-6-1-10(9-19-15)8-18-12-3-4-12/h1-2,5-7,9,12,18H,3-4,8H2. The fourth-order valence-electron chi connectivity index (χ4n) is 1.79. The van der Waals surface area contributed by atoms with Crippen LogP contribution in [0.5, 0.6) is 11.6 Å². The van der Waals surface area contributed by atoms with Gasteiger partial charge in [0.2, 0.25) is 5.88 Å². The van der Waals surface area contributed by atoms with Crippen molar-refractivity contribution in [1.29, 1.82) is 0 Å². The van der Waals surface area contributed by atoms with Crippen LogP contribution in [-0.2, 0) is 6.54 Å². The van der Waals surface area contributed by atoms with Gasteiger partial charge in [-0.05, 0) is 46.5 Å². The number of rotatable bonds is 5. The van der Waals surface area contributed by atoms with Crippen molar-refractivity contribution in [3.63, 3.8) is 0 Å². The zero-order valence-corrected chi connectivity index (χ0v) is 12.4. The Morgan fingerprint density at radius 2 is 2.15 bits per heavy atom. The zero-order chi connectivity index (χ0) is 13.9. The van der Waals surface area contributed by atoms with Crippen LogP contribution in [0.2, 0.25) is 0 Å². The minimum absolute atomic E-state index is 0.339. The number of halogens is 2. The number of hydrogen-bond acceptors (Lipinski definition) is 3. The summed E-state index contributed by atoms with van der Waals surface area (Å²) in [6.45, 7) is 0.821. The summed E-state index contributed by atoms with van der Waals surface area (Å²) in [6.07, 6.45) is 4.31. The fraction of sp³-hybridized carbons (Fsp3) is 0.267. The largest absolute Gasteiger partial charge is 0.438 e. The van der Waals surface area contributed by atoms with E-state index in [1.807, 2.05) is 6.07 Å². The van der Waals surface area contributed by atoms with Gasteiger partial charge in [0.05, 0.1) is 4.47 Å². The molecule has 0 atom stereocenters. The van der Waals surface area contributed by atoms with Crippen molar-refractivity contribution in [2.75, 3.05) is 0 Å². The molecule has 1 saturated carbocycles. The molecule has 1 heterocycles. The summed E-state index contributed by atoms with van der Waals surface area (Å²) in [6, 6.07) is 8.74. The summed E-state index contributed by atoms with van der Waals surface area (Å²) < 4.78 is 19.4. The lowest BCUT2D eigenvalue weighted by molar-refractivity contribution is 0.454. The van der Waals surface area contributed by atoms with E-state index in [1.54, 1.807) is 18.3 Å². The van der Waals surface area contributed by atoms with Crippen LogP contribution < -0.4 is 10.1 Å². The van der Waals surface area contributed by atoms with Gasteiger partial charge in [0.15, 0.2) is 0 Å². The van der Waals surface area contributed by atoms with Gasteiger partial charge in [0, 0.05) is 30.9 Å². The number of nitrogens with zero attached hydrogens (tertiary/aromatic N) is 1. The van der Waals surface area contributed by atoms with E-state index in [0.29, 0.717) is 22.1 Å². The van der Waals surface area contributed by atoms with Crippen LogP contribution in [0.4, 0.5) is 4.39 Å². The molecule has 20 heavy (non-hydrogen) atoms. The van der Waals surface area contributed by atoms with Gasteiger partial charge in [-0.25, -0.2) is 9.37 Å². The molecule has 1 aliphatic rings. The Morgan fingerprint density at radius 3 is 2.85 bits per heavy atom. The second-order valence-corrected chi connectivity index (χ2v) is 5.69. The molecule has 0 amide bonds. The molecule has 104 valence electrons. The normalized spacial score (nSPS) is 14.3. The van der Waals surface area contributed by atoms with Crippen LogP contribution in [0.3, 0.4) is 0 Å². The topological polar surface area (TPSA) is 34.1 Å². The summed E-state index contributed by atoms with van der Waals surface area (Å²) in [5.41, 5.74) is 1.11. The molecule has 3 rings (SSSR count). The lowest BCUT2D eigenvalue weighted by Gasteiger charge is -2.08. The average molecular weight is 337 g/mol. The molecule has 0 bridgehead atoms. The Kier molecular flexibility index (Phi) is 3.98. The fourth-order valence-corrected chi connectivity index (χ4v) is 2.12. The van der Waals surface area contributed by atoms with Crippen molar-refractivity contribution in [3.05, 3.63) is 52.4 Å². The van der Waals surface area contributed by atoms with Gasteiger partial charge in [-0.2, -0.15) is 0 Å². The maximum Gasteiger partial charge on any atom is 0.219 e. The van der Waals surface area contributed by atoms with Crippen LogP contribution in [-0.4, -0.2) is 11.0 Å². The van der Waals surface area contributed by atoms with Crippen LogP contribution in [0, 0.1) is 5.82 Å². The van der Waals surface area contributed by atoms with Crippen molar-refractivity contribution >= 4 is 15.9 Å². The summed E-state index contributed by atoms with van der Waals surface area (Å²) in [4.78, 5) is 4.24. The lowest BCUT2D eigenvalue weighted by atomic mass is 10.3. The maximum atomic E-state index is 13.2. The van der Waals surface area contributed by atoms with Gasteiger partial charge < -0.3 is 10.1 Å². The first-order valence-electron chi connectivity index (χ1n) is 6.52. The van der Waals surface area contributed by atoms with Crippen LogP contribution in [0.1, 0.15) is 18.4 Å². The van der Waals surface area contributed by atoms with Crippen LogP contribution >= 0.6 is 15.9 Å². The molecule has 0 spiro atoms. The quantitative estimate of drug-likeness (QED) is 0.895. The van der Waals surface area contributed by atoms with E-state index in [2.05, 4.69) is 26.2 Å². The van der Waals surface area contributed by atoms with Crippen molar-refractivity contribution in [3.8, 4) is 11.6 Å². The Labute approximate surface area is 125 Å². The van der Waals surface area contributed by atoms with Gasteiger partial charge in [0.25, 0.3) is 0 Å². The van der Waals surface area contributed by atoms with E-state index >= 15 is 0 Å².